The summed E-state index contributed by atoms with van der Waals surface area (Å²) in [6, 6.07) is 0. The van der Waals surface area contributed by atoms with E-state index in [1.54, 1.807) is 0 Å². The van der Waals surface area contributed by atoms with Gasteiger partial charge in [0.2, 0.25) is 0 Å². The fourth-order valence-electron chi connectivity index (χ4n) is 1.58. The van der Waals surface area contributed by atoms with E-state index in [0.29, 0.717) is 18.3 Å². The van der Waals surface area contributed by atoms with E-state index < -0.39 is 0 Å². The molecule has 58 valence electrons. The Morgan fingerprint density at radius 3 is 2.70 bits per heavy atom. The van der Waals surface area contributed by atoms with Crippen LogP contribution >= 0.6 is 0 Å². The van der Waals surface area contributed by atoms with Gasteiger partial charge in [0.15, 0.2) is 0 Å². The van der Waals surface area contributed by atoms with Crippen LogP contribution in [0.1, 0.15) is 32.1 Å². The highest BCUT2D eigenvalue weighted by molar-refractivity contribution is 5.13. The average molecular weight is 142 g/mol. The van der Waals surface area contributed by atoms with Gasteiger partial charge >= 0.3 is 0 Å². The highest BCUT2D eigenvalue weighted by Gasteiger charge is 2.64. The van der Waals surface area contributed by atoms with E-state index in [2.05, 4.69) is 0 Å². The van der Waals surface area contributed by atoms with Crippen molar-refractivity contribution in [2.24, 2.45) is 0 Å². The van der Waals surface area contributed by atoms with Crippen LogP contribution in [-0.2, 0) is 4.74 Å². The maximum Gasteiger partial charge on any atom is 0.0950 e. The Morgan fingerprint density at radius 2 is 2.20 bits per heavy atom. The maximum atomic E-state index is 8.50. The van der Waals surface area contributed by atoms with Crippen LogP contribution in [-0.4, -0.2) is 23.4 Å². The lowest BCUT2D eigenvalue weighted by Crippen LogP contribution is -1.93. The van der Waals surface area contributed by atoms with Crippen molar-refractivity contribution in [1.82, 2.24) is 0 Å². The Balaban J connectivity index is 1.57. The zero-order valence-electron chi connectivity index (χ0n) is 6.18. The molecule has 0 aromatic rings. The first-order chi connectivity index (χ1) is 4.87. The Kier molecular flexibility index (Phi) is 1.46. The second kappa shape index (κ2) is 2.21. The van der Waals surface area contributed by atoms with Crippen LogP contribution in [0.4, 0.5) is 0 Å². The van der Waals surface area contributed by atoms with Gasteiger partial charge in [0, 0.05) is 6.61 Å². The zero-order chi connectivity index (χ0) is 7.03. The average Bonchev–Trinajstić information content (AvgIpc) is 2.79. The molecule has 0 radical (unpaired) electrons. The van der Waals surface area contributed by atoms with E-state index in [1.165, 1.54) is 19.3 Å². The SMILES string of the molecule is OCCCCC1OC12CC2. The first-order valence-corrected chi connectivity index (χ1v) is 4.16. The van der Waals surface area contributed by atoms with Gasteiger partial charge in [-0.2, -0.15) is 0 Å². The highest BCUT2D eigenvalue weighted by Crippen LogP contribution is 2.58. The molecule has 2 heteroatoms. The van der Waals surface area contributed by atoms with Crippen LogP contribution < -0.4 is 0 Å². The molecule has 0 aromatic heterocycles. The summed E-state index contributed by atoms with van der Waals surface area (Å²) >= 11 is 0. The molecule has 1 aliphatic heterocycles. The van der Waals surface area contributed by atoms with Gasteiger partial charge in [-0.1, -0.05) is 0 Å². The number of unbranched alkanes of at least 4 members (excludes halogenated alkanes) is 1. The maximum absolute atomic E-state index is 8.50. The lowest BCUT2D eigenvalue weighted by atomic mass is 10.1. The van der Waals surface area contributed by atoms with Crippen molar-refractivity contribution >= 4 is 0 Å². The molecule has 1 N–H and O–H groups in total. The third-order valence-electron chi connectivity index (χ3n) is 2.52. The second-order valence-electron chi connectivity index (χ2n) is 3.39. The minimum absolute atomic E-state index is 0.333. The lowest BCUT2D eigenvalue weighted by molar-refractivity contribution is 0.278. The summed E-state index contributed by atoms with van der Waals surface area (Å²) in [4.78, 5) is 0. The molecule has 1 unspecified atom stereocenters. The molecule has 2 rings (SSSR count). The first kappa shape index (κ1) is 6.62. The predicted molar refractivity (Wildman–Crippen MR) is 37.8 cm³/mol. The molecule has 2 fully saturated rings. The van der Waals surface area contributed by atoms with E-state index in [9.17, 15) is 0 Å². The summed E-state index contributed by atoms with van der Waals surface area (Å²) in [5.41, 5.74) is 0.384. The third-order valence-corrected chi connectivity index (χ3v) is 2.52. The zero-order valence-corrected chi connectivity index (χ0v) is 6.18. The number of epoxide rings is 1. The van der Waals surface area contributed by atoms with Crippen LogP contribution in [0.15, 0.2) is 0 Å². The van der Waals surface area contributed by atoms with Crippen molar-refractivity contribution in [3.8, 4) is 0 Å². The molecule has 1 heterocycles. The molecule has 1 saturated carbocycles. The Morgan fingerprint density at radius 1 is 1.40 bits per heavy atom. The molecule has 1 spiro atoms. The molecule has 2 nitrogen and oxygen atoms in total. The Hall–Kier alpha value is -0.0800. The quantitative estimate of drug-likeness (QED) is 0.470. The minimum atomic E-state index is 0.333. The second-order valence-corrected chi connectivity index (χ2v) is 3.39. The molecule has 1 saturated heterocycles. The van der Waals surface area contributed by atoms with Crippen LogP contribution in [0.25, 0.3) is 0 Å². The van der Waals surface area contributed by atoms with Crippen LogP contribution in [0.2, 0.25) is 0 Å². The molecular weight excluding hydrogens is 128 g/mol. The van der Waals surface area contributed by atoms with Crippen molar-refractivity contribution in [3.63, 3.8) is 0 Å². The third kappa shape index (κ3) is 1.06. The van der Waals surface area contributed by atoms with Gasteiger partial charge < -0.3 is 9.84 Å². The largest absolute Gasteiger partial charge is 0.396 e. The van der Waals surface area contributed by atoms with Gasteiger partial charge in [-0.25, -0.2) is 0 Å². The van der Waals surface area contributed by atoms with Crippen LogP contribution in [0.5, 0.6) is 0 Å². The molecule has 0 aromatic carbocycles. The van der Waals surface area contributed by atoms with Crippen molar-refractivity contribution in [2.45, 2.75) is 43.8 Å². The van der Waals surface area contributed by atoms with E-state index >= 15 is 0 Å². The molecule has 2 aliphatic rings. The first-order valence-electron chi connectivity index (χ1n) is 4.16. The van der Waals surface area contributed by atoms with Gasteiger partial charge in [0.1, 0.15) is 0 Å². The molecule has 1 aliphatic carbocycles. The minimum Gasteiger partial charge on any atom is -0.396 e. The fourth-order valence-corrected chi connectivity index (χ4v) is 1.58. The van der Waals surface area contributed by atoms with E-state index in [1.807, 2.05) is 0 Å². The van der Waals surface area contributed by atoms with Gasteiger partial charge in [0.25, 0.3) is 0 Å². The monoisotopic (exact) mass is 142 g/mol. The smallest absolute Gasteiger partial charge is 0.0950 e. The number of aliphatic hydroxyl groups is 1. The summed E-state index contributed by atoms with van der Waals surface area (Å²) in [7, 11) is 0. The topological polar surface area (TPSA) is 32.8 Å². The Labute approximate surface area is 61.2 Å². The standard InChI is InChI=1S/C8H14O2/c9-6-2-1-3-7-8(10-7)4-5-8/h7,9H,1-6H2. The van der Waals surface area contributed by atoms with Crippen molar-refractivity contribution in [1.29, 1.82) is 0 Å². The van der Waals surface area contributed by atoms with Gasteiger partial charge in [-0.3, -0.25) is 0 Å². The molecule has 1 atom stereocenters. The van der Waals surface area contributed by atoms with Crippen molar-refractivity contribution < 1.29 is 9.84 Å². The van der Waals surface area contributed by atoms with Crippen molar-refractivity contribution in [3.05, 3.63) is 0 Å². The summed E-state index contributed by atoms with van der Waals surface area (Å²) in [5.74, 6) is 0. The van der Waals surface area contributed by atoms with Gasteiger partial charge in [-0.05, 0) is 32.1 Å². The molecule has 10 heavy (non-hydrogen) atoms. The summed E-state index contributed by atoms with van der Waals surface area (Å²) in [6.45, 7) is 0.333. The van der Waals surface area contributed by atoms with E-state index in [4.69, 9.17) is 9.84 Å². The van der Waals surface area contributed by atoms with E-state index in [-0.39, 0.29) is 0 Å². The predicted octanol–water partition coefficient (Wildman–Crippen LogP) is 1.08. The normalized spacial score (nSPS) is 32.7. The number of hydrogen-bond acceptors (Lipinski definition) is 2. The van der Waals surface area contributed by atoms with Gasteiger partial charge in [-0.15, -0.1) is 0 Å². The van der Waals surface area contributed by atoms with Crippen molar-refractivity contribution in [2.75, 3.05) is 6.61 Å². The lowest BCUT2D eigenvalue weighted by Gasteiger charge is -1.91. The van der Waals surface area contributed by atoms with E-state index in [0.717, 1.165) is 12.8 Å². The number of ether oxygens (including phenoxy) is 1. The van der Waals surface area contributed by atoms with Crippen LogP contribution in [0, 0.1) is 0 Å². The summed E-state index contributed by atoms with van der Waals surface area (Å²) in [5, 5.41) is 8.50. The summed E-state index contributed by atoms with van der Waals surface area (Å²) in [6.07, 6.45) is 6.38. The molecule has 0 bridgehead atoms. The van der Waals surface area contributed by atoms with Crippen LogP contribution in [0.3, 0.4) is 0 Å². The molecular formula is C8H14O2. The highest BCUT2D eigenvalue weighted by atomic mass is 16.6. The number of aliphatic hydroxyl groups excluding tert-OH is 1. The Bertz CT molecular complexity index is 129. The van der Waals surface area contributed by atoms with Gasteiger partial charge in [0.05, 0.1) is 11.7 Å². The number of rotatable bonds is 4. The fraction of sp³-hybridized carbons (Fsp3) is 1.00. The molecule has 0 amide bonds. The number of hydrogen-bond donors (Lipinski definition) is 1. The summed E-state index contributed by atoms with van der Waals surface area (Å²) < 4.78 is 5.48.